The first-order chi connectivity index (χ1) is 7.31. The van der Waals surface area contributed by atoms with Crippen molar-refractivity contribution in [2.45, 2.75) is 26.2 Å². The zero-order valence-electron chi connectivity index (χ0n) is 8.84. The second-order valence-corrected chi connectivity index (χ2v) is 4.34. The van der Waals surface area contributed by atoms with Crippen molar-refractivity contribution in [3.05, 3.63) is 29.7 Å². The van der Waals surface area contributed by atoms with Gasteiger partial charge in [-0.2, -0.15) is 0 Å². The molecule has 1 atom stereocenters. The minimum atomic E-state index is 0.520. The monoisotopic (exact) mass is 219 g/mol. The number of rotatable bonds is 3. The van der Waals surface area contributed by atoms with E-state index in [1.165, 1.54) is 0 Å². The van der Waals surface area contributed by atoms with Crippen molar-refractivity contribution < 1.29 is 0 Å². The van der Waals surface area contributed by atoms with Gasteiger partial charge in [0.25, 0.3) is 0 Å². The molecular formula is C11H13N3S. The van der Waals surface area contributed by atoms with E-state index in [9.17, 15) is 0 Å². The second kappa shape index (κ2) is 4.49. The lowest BCUT2D eigenvalue weighted by molar-refractivity contribution is 0.714. The zero-order chi connectivity index (χ0) is 10.7. The van der Waals surface area contributed by atoms with Gasteiger partial charge in [0.1, 0.15) is 10.7 Å². The predicted molar refractivity (Wildman–Crippen MR) is 61.8 cm³/mol. The summed E-state index contributed by atoms with van der Waals surface area (Å²) in [5.74, 6) is 0.520. The van der Waals surface area contributed by atoms with Gasteiger partial charge in [-0.15, -0.1) is 11.3 Å². The smallest absolute Gasteiger partial charge is 0.143 e. The van der Waals surface area contributed by atoms with Crippen LogP contribution >= 0.6 is 11.3 Å². The molecule has 0 aliphatic carbocycles. The van der Waals surface area contributed by atoms with E-state index in [4.69, 9.17) is 0 Å². The molecule has 0 fully saturated rings. The van der Waals surface area contributed by atoms with E-state index >= 15 is 0 Å². The van der Waals surface area contributed by atoms with E-state index in [0.29, 0.717) is 5.92 Å². The van der Waals surface area contributed by atoms with Crippen molar-refractivity contribution >= 4 is 11.3 Å². The third-order valence-corrected chi connectivity index (χ3v) is 3.30. The fourth-order valence-corrected chi connectivity index (χ4v) is 2.15. The van der Waals surface area contributed by atoms with E-state index in [2.05, 4.69) is 34.2 Å². The van der Waals surface area contributed by atoms with Crippen LogP contribution in [0.15, 0.2) is 24.0 Å². The maximum atomic E-state index is 4.57. The van der Waals surface area contributed by atoms with Crippen LogP contribution in [0.25, 0.3) is 10.7 Å². The molecule has 1 unspecified atom stereocenters. The summed E-state index contributed by atoms with van der Waals surface area (Å²) in [5.41, 5.74) is 2.01. The van der Waals surface area contributed by atoms with Crippen LogP contribution in [0.1, 0.15) is 31.9 Å². The quantitative estimate of drug-likeness (QED) is 0.796. The van der Waals surface area contributed by atoms with Crippen LogP contribution in [0.3, 0.4) is 0 Å². The molecule has 0 radical (unpaired) electrons. The summed E-state index contributed by atoms with van der Waals surface area (Å²) in [4.78, 5) is 12.8. The molecule has 0 bridgehead atoms. The molecule has 2 aromatic rings. The van der Waals surface area contributed by atoms with Crippen LogP contribution in [-0.4, -0.2) is 15.0 Å². The minimum absolute atomic E-state index is 0.520. The van der Waals surface area contributed by atoms with Gasteiger partial charge in [0, 0.05) is 17.8 Å². The lowest BCUT2D eigenvalue weighted by atomic mass is 10.1. The molecular weight excluding hydrogens is 206 g/mol. The fraction of sp³-hybridized carbons (Fsp3) is 0.364. The summed E-state index contributed by atoms with van der Waals surface area (Å²) in [5, 5.41) is 3.07. The summed E-state index contributed by atoms with van der Waals surface area (Å²) in [6.07, 6.45) is 6.23. The molecule has 0 aliphatic rings. The molecule has 2 rings (SSSR count). The average Bonchev–Trinajstić information content (AvgIpc) is 2.78. The van der Waals surface area contributed by atoms with Crippen LogP contribution in [-0.2, 0) is 0 Å². The zero-order valence-corrected chi connectivity index (χ0v) is 9.66. The van der Waals surface area contributed by atoms with Gasteiger partial charge in [-0.3, -0.25) is 9.97 Å². The van der Waals surface area contributed by atoms with Crippen LogP contribution in [0, 0.1) is 0 Å². The molecule has 0 amide bonds. The Labute approximate surface area is 93.2 Å². The number of thiazole rings is 1. The van der Waals surface area contributed by atoms with Gasteiger partial charge in [0.05, 0.1) is 11.9 Å². The lowest BCUT2D eigenvalue weighted by Gasteiger charge is -2.02. The standard InChI is InChI=1S/C11H13N3S/c1-3-8(2)10-7-15-11(14-10)9-6-12-4-5-13-9/h4-8H,3H2,1-2H3. The Bertz CT molecular complexity index is 424. The van der Waals surface area contributed by atoms with Crippen molar-refractivity contribution in [2.24, 2.45) is 0 Å². The molecule has 0 N–H and O–H groups in total. The first-order valence-electron chi connectivity index (χ1n) is 5.03. The summed E-state index contributed by atoms with van der Waals surface area (Å²) < 4.78 is 0. The summed E-state index contributed by atoms with van der Waals surface area (Å²) in [6.45, 7) is 4.36. The normalized spacial score (nSPS) is 12.7. The third kappa shape index (κ3) is 2.21. The summed E-state index contributed by atoms with van der Waals surface area (Å²) >= 11 is 1.63. The van der Waals surface area contributed by atoms with E-state index in [1.54, 1.807) is 29.9 Å². The fourth-order valence-electron chi connectivity index (χ4n) is 1.25. The second-order valence-electron chi connectivity index (χ2n) is 3.48. The van der Waals surface area contributed by atoms with E-state index in [-0.39, 0.29) is 0 Å². The Morgan fingerprint density at radius 1 is 1.40 bits per heavy atom. The lowest BCUT2D eigenvalue weighted by Crippen LogP contribution is -1.91. The molecule has 2 aromatic heterocycles. The van der Waals surface area contributed by atoms with Crippen molar-refractivity contribution in [2.75, 3.05) is 0 Å². The molecule has 4 heteroatoms. The first-order valence-corrected chi connectivity index (χ1v) is 5.91. The highest BCUT2D eigenvalue weighted by atomic mass is 32.1. The molecule has 2 heterocycles. The van der Waals surface area contributed by atoms with Crippen molar-refractivity contribution in [3.63, 3.8) is 0 Å². The van der Waals surface area contributed by atoms with Gasteiger partial charge in [-0.1, -0.05) is 13.8 Å². The van der Waals surface area contributed by atoms with Gasteiger partial charge in [-0.25, -0.2) is 4.98 Å². The summed E-state index contributed by atoms with van der Waals surface area (Å²) in [7, 11) is 0. The molecule has 15 heavy (non-hydrogen) atoms. The predicted octanol–water partition coefficient (Wildman–Crippen LogP) is 3.11. The van der Waals surface area contributed by atoms with Crippen LogP contribution < -0.4 is 0 Å². The van der Waals surface area contributed by atoms with Crippen molar-refractivity contribution in [1.82, 2.24) is 15.0 Å². The van der Waals surface area contributed by atoms with E-state index in [0.717, 1.165) is 22.8 Å². The van der Waals surface area contributed by atoms with Crippen molar-refractivity contribution in [1.29, 1.82) is 0 Å². The molecule has 0 aromatic carbocycles. The van der Waals surface area contributed by atoms with Gasteiger partial charge < -0.3 is 0 Å². The van der Waals surface area contributed by atoms with Gasteiger partial charge in [0.2, 0.25) is 0 Å². The number of nitrogens with zero attached hydrogens (tertiary/aromatic N) is 3. The van der Waals surface area contributed by atoms with Crippen LogP contribution in [0.5, 0.6) is 0 Å². The van der Waals surface area contributed by atoms with E-state index in [1.807, 2.05) is 0 Å². The molecule has 0 spiro atoms. The Kier molecular flexibility index (Phi) is 3.06. The van der Waals surface area contributed by atoms with E-state index < -0.39 is 0 Å². The number of aromatic nitrogens is 3. The Morgan fingerprint density at radius 3 is 2.93 bits per heavy atom. The first kappa shape index (κ1) is 10.2. The third-order valence-electron chi connectivity index (χ3n) is 2.42. The maximum absolute atomic E-state index is 4.57. The van der Waals surface area contributed by atoms with Crippen molar-refractivity contribution in [3.8, 4) is 10.7 Å². The Morgan fingerprint density at radius 2 is 2.27 bits per heavy atom. The highest BCUT2D eigenvalue weighted by Crippen LogP contribution is 2.26. The highest BCUT2D eigenvalue weighted by Gasteiger charge is 2.09. The van der Waals surface area contributed by atoms with Gasteiger partial charge >= 0.3 is 0 Å². The van der Waals surface area contributed by atoms with Gasteiger partial charge in [-0.05, 0) is 12.3 Å². The topological polar surface area (TPSA) is 38.7 Å². The molecule has 78 valence electrons. The molecule has 0 saturated heterocycles. The molecule has 0 aliphatic heterocycles. The Hall–Kier alpha value is -1.29. The summed E-state index contributed by atoms with van der Waals surface area (Å²) in [6, 6.07) is 0. The average molecular weight is 219 g/mol. The van der Waals surface area contributed by atoms with Crippen LogP contribution in [0.4, 0.5) is 0 Å². The minimum Gasteiger partial charge on any atom is -0.261 e. The van der Waals surface area contributed by atoms with Crippen LogP contribution in [0.2, 0.25) is 0 Å². The molecule has 0 saturated carbocycles. The highest BCUT2D eigenvalue weighted by molar-refractivity contribution is 7.13. The van der Waals surface area contributed by atoms with Gasteiger partial charge in [0.15, 0.2) is 0 Å². The largest absolute Gasteiger partial charge is 0.261 e. The Balaban J connectivity index is 2.28. The number of hydrogen-bond donors (Lipinski definition) is 0. The number of hydrogen-bond acceptors (Lipinski definition) is 4. The molecule has 3 nitrogen and oxygen atoms in total. The maximum Gasteiger partial charge on any atom is 0.143 e. The SMILES string of the molecule is CCC(C)c1csc(-c2cnccn2)n1.